The summed E-state index contributed by atoms with van der Waals surface area (Å²) >= 11 is 0. The van der Waals surface area contributed by atoms with Crippen LogP contribution in [0.15, 0.2) is 36.5 Å². The van der Waals surface area contributed by atoms with E-state index in [1.807, 2.05) is 0 Å². The summed E-state index contributed by atoms with van der Waals surface area (Å²) in [6.07, 6.45) is 76.7. The first kappa shape index (κ1) is 101. The number of ether oxygens (including phenoxy) is 4. The highest BCUT2D eigenvalue weighted by Crippen LogP contribution is 2.45. The minimum absolute atomic E-state index is 0.0931. The fourth-order valence-corrected chi connectivity index (χ4v) is 14.1. The van der Waals surface area contributed by atoms with Crippen molar-refractivity contribution in [3.8, 4) is 0 Å². The molecule has 0 fully saturated rings. The molecular weight excluding hydrogens is 1350 g/mol. The fraction of sp³-hybridized carbons (Fsp3) is 0.882. The summed E-state index contributed by atoms with van der Waals surface area (Å²) in [6, 6.07) is 0. The second-order valence-electron chi connectivity index (χ2n) is 29.5. The summed E-state index contributed by atoms with van der Waals surface area (Å²) in [5, 5.41) is 10.7. The molecule has 2 unspecified atom stereocenters. The molecule has 612 valence electrons. The molecule has 0 heterocycles. The number of rotatable bonds is 83. The van der Waals surface area contributed by atoms with Crippen molar-refractivity contribution < 1.29 is 80.2 Å². The van der Waals surface area contributed by atoms with Gasteiger partial charge in [0, 0.05) is 25.7 Å². The van der Waals surface area contributed by atoms with Crippen LogP contribution in [0.4, 0.5) is 0 Å². The molecule has 0 aliphatic rings. The van der Waals surface area contributed by atoms with E-state index < -0.39 is 97.5 Å². The van der Waals surface area contributed by atoms with Crippen LogP contribution in [0, 0.1) is 0 Å². The lowest BCUT2D eigenvalue weighted by atomic mass is 10.0. The van der Waals surface area contributed by atoms with Gasteiger partial charge in [0.05, 0.1) is 26.4 Å². The van der Waals surface area contributed by atoms with Crippen molar-refractivity contribution in [1.82, 2.24) is 0 Å². The zero-order valence-electron chi connectivity index (χ0n) is 67.2. The molecule has 5 atom stereocenters. The molecule has 0 bridgehead atoms. The quantitative estimate of drug-likeness (QED) is 0.0169. The number of hydrogen-bond acceptors (Lipinski definition) is 15. The first-order valence-electron chi connectivity index (χ1n) is 43.2. The molecular formula is C85H160O17P2. The average molecular weight is 1520 g/mol. The molecule has 0 aromatic carbocycles. The lowest BCUT2D eigenvalue weighted by Gasteiger charge is -2.21. The molecule has 0 spiro atoms. The van der Waals surface area contributed by atoms with Gasteiger partial charge in [-0.05, 0) is 83.5 Å². The predicted octanol–water partition coefficient (Wildman–Crippen LogP) is 25.5. The van der Waals surface area contributed by atoms with Crippen LogP contribution in [-0.4, -0.2) is 96.7 Å². The molecule has 0 amide bonds. The number of carbonyl (C=O) groups excluding carboxylic acids is 4. The van der Waals surface area contributed by atoms with E-state index in [-0.39, 0.29) is 25.7 Å². The summed E-state index contributed by atoms with van der Waals surface area (Å²) < 4.78 is 68.8. The van der Waals surface area contributed by atoms with E-state index in [4.69, 9.17) is 37.0 Å². The van der Waals surface area contributed by atoms with Gasteiger partial charge in [0.1, 0.15) is 19.3 Å². The van der Waals surface area contributed by atoms with Crippen LogP contribution >= 0.6 is 15.6 Å². The van der Waals surface area contributed by atoms with Crippen molar-refractivity contribution >= 4 is 39.5 Å². The highest BCUT2D eigenvalue weighted by Gasteiger charge is 2.30. The summed E-state index contributed by atoms with van der Waals surface area (Å²) in [5.41, 5.74) is 0. The van der Waals surface area contributed by atoms with Crippen LogP contribution in [0.2, 0.25) is 0 Å². The largest absolute Gasteiger partial charge is 0.472 e. The van der Waals surface area contributed by atoms with E-state index in [0.717, 1.165) is 128 Å². The van der Waals surface area contributed by atoms with Crippen LogP contribution in [0.3, 0.4) is 0 Å². The maximum atomic E-state index is 13.1. The molecule has 0 aliphatic heterocycles. The summed E-state index contributed by atoms with van der Waals surface area (Å²) in [7, 11) is -9.94. The molecule has 0 radical (unpaired) electrons. The van der Waals surface area contributed by atoms with Gasteiger partial charge in [-0.25, -0.2) is 9.13 Å². The Bertz CT molecular complexity index is 2110. The van der Waals surface area contributed by atoms with Crippen LogP contribution in [-0.2, 0) is 65.4 Å². The van der Waals surface area contributed by atoms with Crippen LogP contribution in [0.1, 0.15) is 426 Å². The minimum Gasteiger partial charge on any atom is -0.462 e. The third-order valence-corrected chi connectivity index (χ3v) is 21.0. The van der Waals surface area contributed by atoms with E-state index >= 15 is 0 Å². The van der Waals surface area contributed by atoms with Gasteiger partial charge in [0.25, 0.3) is 0 Å². The zero-order valence-corrected chi connectivity index (χ0v) is 69.0. The van der Waals surface area contributed by atoms with Gasteiger partial charge in [-0.1, -0.05) is 353 Å². The van der Waals surface area contributed by atoms with E-state index in [2.05, 4.69) is 64.2 Å². The van der Waals surface area contributed by atoms with Gasteiger partial charge in [0.15, 0.2) is 12.2 Å². The lowest BCUT2D eigenvalue weighted by molar-refractivity contribution is -0.161. The normalized spacial score (nSPS) is 14.0. The monoisotopic (exact) mass is 1520 g/mol. The van der Waals surface area contributed by atoms with Gasteiger partial charge in [-0.15, -0.1) is 0 Å². The van der Waals surface area contributed by atoms with Gasteiger partial charge in [0.2, 0.25) is 0 Å². The Labute approximate surface area is 636 Å². The van der Waals surface area contributed by atoms with Crippen LogP contribution in [0.25, 0.3) is 0 Å². The molecule has 19 heteroatoms. The molecule has 17 nitrogen and oxygen atoms in total. The van der Waals surface area contributed by atoms with E-state index in [1.54, 1.807) is 0 Å². The van der Waals surface area contributed by atoms with Gasteiger partial charge >= 0.3 is 39.5 Å². The number of phosphoric ester groups is 2. The van der Waals surface area contributed by atoms with Crippen molar-refractivity contribution in [2.45, 2.75) is 444 Å². The Hall–Kier alpha value is -2.72. The van der Waals surface area contributed by atoms with Crippen LogP contribution < -0.4 is 0 Å². The van der Waals surface area contributed by atoms with Crippen molar-refractivity contribution in [3.63, 3.8) is 0 Å². The van der Waals surface area contributed by atoms with Gasteiger partial charge < -0.3 is 33.8 Å². The van der Waals surface area contributed by atoms with Crippen molar-refractivity contribution in [3.05, 3.63) is 36.5 Å². The molecule has 104 heavy (non-hydrogen) atoms. The number of carbonyl (C=O) groups is 4. The minimum atomic E-state index is -4.97. The zero-order chi connectivity index (χ0) is 76.0. The van der Waals surface area contributed by atoms with Gasteiger partial charge in [-0.3, -0.25) is 37.3 Å². The Morgan fingerprint density at radius 3 is 0.740 bits per heavy atom. The predicted molar refractivity (Wildman–Crippen MR) is 428 cm³/mol. The third-order valence-electron chi connectivity index (χ3n) is 19.1. The molecule has 0 saturated carbocycles. The SMILES string of the molecule is CCCCC/C=C\C/C=C\CCCCCCCC(=O)OC[C@H](COP(=O)(O)OC[C@@H](O)COP(=O)(O)OC[C@@H](COC(=O)CCCCCCCCCCCCCCCCCCC)OC(=O)CCCCCCC/C=C\CCCCCCCC)OC(=O)CCCCCCCCCCCCCCCCCCC. The smallest absolute Gasteiger partial charge is 0.462 e. The molecule has 0 aliphatic carbocycles. The molecule has 0 rings (SSSR count). The highest BCUT2D eigenvalue weighted by molar-refractivity contribution is 7.47. The van der Waals surface area contributed by atoms with Crippen molar-refractivity contribution in [1.29, 1.82) is 0 Å². The molecule has 3 N–H and O–H groups in total. The number of phosphoric acid groups is 2. The number of allylic oxidation sites excluding steroid dienone is 6. The van der Waals surface area contributed by atoms with E-state index in [0.29, 0.717) is 25.7 Å². The van der Waals surface area contributed by atoms with Crippen molar-refractivity contribution in [2.24, 2.45) is 0 Å². The lowest BCUT2D eigenvalue weighted by Crippen LogP contribution is -2.30. The highest BCUT2D eigenvalue weighted by atomic mass is 31.2. The van der Waals surface area contributed by atoms with Gasteiger partial charge in [-0.2, -0.15) is 0 Å². The first-order chi connectivity index (χ1) is 50.7. The van der Waals surface area contributed by atoms with Crippen molar-refractivity contribution in [2.75, 3.05) is 39.6 Å². The Balaban J connectivity index is 5.31. The summed E-state index contributed by atoms with van der Waals surface area (Å²) in [5.74, 6) is -2.14. The second kappa shape index (κ2) is 78.4. The standard InChI is InChI=1S/C85H160O17P2/c1-5-9-13-17-21-25-29-33-37-39-43-46-50-54-58-62-66-70-83(88)96-76-80(101-84(89)71-67-63-59-55-51-47-42-36-32-28-24-20-16-12-8-4)77-99-103(91,92)97-73-79(86)74-98-104(93,94)100-78-81(75-95-82(87)69-65-61-57-53-49-45-41-35-31-27-23-19-15-11-7-3)102-85(90)72-68-64-60-56-52-48-44-40-38-34-30-26-22-18-14-10-6-2/h23,27,35-36,41-42,79-81,86H,5-22,24-26,28-34,37-40,43-78H2,1-4H3,(H,91,92)(H,93,94)/b27-23-,41-35-,42-36-/t79-,80+,81+/m0/s1. The van der Waals surface area contributed by atoms with E-state index in [1.165, 1.54) is 218 Å². The van der Waals surface area contributed by atoms with Crippen LogP contribution in [0.5, 0.6) is 0 Å². The summed E-state index contributed by atoms with van der Waals surface area (Å²) in [6.45, 7) is 4.96. The molecule has 0 saturated heterocycles. The number of unbranched alkanes of at least 4 members (excludes halogenated alkanes) is 51. The summed E-state index contributed by atoms with van der Waals surface area (Å²) in [4.78, 5) is 73.2. The number of hydrogen-bond donors (Lipinski definition) is 3. The Morgan fingerprint density at radius 2 is 0.471 bits per heavy atom. The number of esters is 4. The second-order valence-corrected chi connectivity index (χ2v) is 32.4. The third kappa shape index (κ3) is 77.4. The maximum absolute atomic E-state index is 13.1. The molecule has 0 aromatic heterocycles. The fourth-order valence-electron chi connectivity index (χ4n) is 12.5. The molecule has 0 aromatic rings. The Morgan fingerprint density at radius 1 is 0.269 bits per heavy atom. The Kier molecular flexibility index (Phi) is 76.4. The average Bonchev–Trinajstić information content (AvgIpc) is 0.909. The van der Waals surface area contributed by atoms with E-state index in [9.17, 15) is 43.2 Å². The maximum Gasteiger partial charge on any atom is 0.472 e. The topological polar surface area (TPSA) is 237 Å². The first-order valence-corrected chi connectivity index (χ1v) is 46.2. The number of aliphatic hydroxyl groups excluding tert-OH is 1. The number of aliphatic hydroxyl groups is 1.